The second-order valence-electron chi connectivity index (χ2n) is 1.97. The molecule has 0 bridgehead atoms. The fourth-order valence-corrected chi connectivity index (χ4v) is 0.558. The van der Waals surface area contributed by atoms with Crippen LogP contribution in [-0.2, 0) is 4.74 Å². The molecule has 1 atom stereocenters. The molecule has 0 radical (unpaired) electrons. The number of hydrogen-bond donors (Lipinski definition) is 4. The summed E-state index contributed by atoms with van der Waals surface area (Å²) in [6.07, 6.45) is -3.24. The molecule has 6 nitrogen and oxygen atoms in total. The number of carboxylic acid groups (broad SMARTS) is 1. The molecule has 0 aromatic carbocycles. The molecule has 0 aliphatic carbocycles. The summed E-state index contributed by atoms with van der Waals surface area (Å²) in [5.74, 6) is -3.10. The highest BCUT2D eigenvalue weighted by molar-refractivity contribution is 5.57. The van der Waals surface area contributed by atoms with Crippen molar-refractivity contribution in [3.8, 4) is 0 Å². The molecule has 0 amide bonds. The number of carbonyl (C=O) groups is 1. The van der Waals surface area contributed by atoms with E-state index in [-0.39, 0.29) is 6.42 Å². The minimum atomic E-state index is -3.10. The van der Waals surface area contributed by atoms with Gasteiger partial charge in [0.25, 0.3) is 0 Å². The van der Waals surface area contributed by atoms with Crippen LogP contribution in [0.3, 0.4) is 0 Å². The highest BCUT2D eigenvalue weighted by Gasteiger charge is 2.34. The molecule has 0 aliphatic heterocycles. The number of ether oxygens (including phenoxy) is 1. The molecule has 11 heavy (non-hydrogen) atoms. The maximum Gasteiger partial charge on any atom is 0.506 e. The van der Waals surface area contributed by atoms with Crippen LogP contribution >= 0.6 is 0 Å². The van der Waals surface area contributed by atoms with Crippen molar-refractivity contribution < 1.29 is 30.0 Å². The van der Waals surface area contributed by atoms with E-state index in [0.29, 0.717) is 0 Å². The van der Waals surface area contributed by atoms with Gasteiger partial charge in [-0.25, -0.2) is 4.79 Å². The summed E-state index contributed by atoms with van der Waals surface area (Å²) in [7, 11) is 0. The third-order valence-electron chi connectivity index (χ3n) is 1.05. The van der Waals surface area contributed by atoms with E-state index >= 15 is 0 Å². The largest absolute Gasteiger partial charge is 0.506 e. The summed E-state index contributed by atoms with van der Waals surface area (Å²) in [6.45, 7) is 1.44. The van der Waals surface area contributed by atoms with Crippen LogP contribution in [0.4, 0.5) is 4.79 Å². The van der Waals surface area contributed by atoms with Gasteiger partial charge in [0.15, 0.2) is 6.10 Å². The van der Waals surface area contributed by atoms with Crippen molar-refractivity contribution in [3.05, 3.63) is 0 Å². The zero-order chi connectivity index (χ0) is 9.07. The summed E-state index contributed by atoms with van der Waals surface area (Å²) in [4.78, 5) is 9.86. The standard InChI is InChI=1S/C5H10O6/c1-2-3(5(8,9)10)11-4(6)7/h3,8-10H,2H2,1H3,(H,6,7). The molecule has 0 aromatic rings. The Hall–Kier alpha value is -0.850. The van der Waals surface area contributed by atoms with Gasteiger partial charge in [-0.15, -0.1) is 0 Å². The van der Waals surface area contributed by atoms with E-state index in [2.05, 4.69) is 4.74 Å². The van der Waals surface area contributed by atoms with Gasteiger partial charge in [-0.3, -0.25) is 0 Å². The minimum Gasteiger partial charge on any atom is -0.450 e. The number of rotatable bonds is 3. The Kier molecular flexibility index (Phi) is 3.24. The van der Waals surface area contributed by atoms with Crippen LogP contribution in [0.2, 0.25) is 0 Å². The quantitative estimate of drug-likeness (QED) is 0.319. The first-order valence-electron chi connectivity index (χ1n) is 2.94. The second kappa shape index (κ2) is 3.51. The smallest absolute Gasteiger partial charge is 0.450 e. The van der Waals surface area contributed by atoms with Crippen molar-refractivity contribution in [3.63, 3.8) is 0 Å². The minimum absolute atomic E-state index is 0.0319. The summed E-state index contributed by atoms with van der Waals surface area (Å²) < 4.78 is 3.93. The number of hydrogen-bond acceptors (Lipinski definition) is 5. The fourth-order valence-electron chi connectivity index (χ4n) is 0.558. The van der Waals surface area contributed by atoms with Crippen LogP contribution in [0.1, 0.15) is 13.3 Å². The second-order valence-corrected chi connectivity index (χ2v) is 1.97. The van der Waals surface area contributed by atoms with Crippen molar-refractivity contribution in [2.75, 3.05) is 0 Å². The predicted octanol–water partition coefficient (Wildman–Crippen LogP) is -0.910. The van der Waals surface area contributed by atoms with E-state index in [1.54, 1.807) is 0 Å². The van der Waals surface area contributed by atoms with E-state index in [1.165, 1.54) is 6.92 Å². The fraction of sp³-hybridized carbons (Fsp3) is 0.800. The van der Waals surface area contributed by atoms with Gasteiger partial charge in [0, 0.05) is 0 Å². The number of aliphatic hydroxyl groups is 3. The van der Waals surface area contributed by atoms with Gasteiger partial charge in [0.1, 0.15) is 0 Å². The van der Waals surface area contributed by atoms with Gasteiger partial charge in [0.2, 0.25) is 0 Å². The zero-order valence-electron chi connectivity index (χ0n) is 5.89. The average molecular weight is 166 g/mol. The average Bonchev–Trinajstić information content (AvgIpc) is 1.79. The predicted molar refractivity (Wildman–Crippen MR) is 32.6 cm³/mol. The van der Waals surface area contributed by atoms with E-state index in [1.807, 2.05) is 0 Å². The topological polar surface area (TPSA) is 107 Å². The van der Waals surface area contributed by atoms with Gasteiger partial charge < -0.3 is 25.2 Å². The van der Waals surface area contributed by atoms with E-state index in [9.17, 15) is 4.79 Å². The molecule has 0 fully saturated rings. The van der Waals surface area contributed by atoms with Crippen LogP contribution < -0.4 is 0 Å². The summed E-state index contributed by atoms with van der Waals surface area (Å²) in [5.41, 5.74) is 0. The van der Waals surface area contributed by atoms with Crippen LogP contribution in [0, 0.1) is 0 Å². The van der Waals surface area contributed by atoms with Gasteiger partial charge in [-0.2, -0.15) is 0 Å². The molecule has 0 aromatic heterocycles. The molecule has 0 saturated heterocycles. The van der Waals surface area contributed by atoms with Crippen molar-refractivity contribution >= 4 is 6.16 Å². The SMILES string of the molecule is CCC(OC(=O)O)C(O)(O)O. The molecule has 0 aliphatic rings. The lowest BCUT2D eigenvalue weighted by Crippen LogP contribution is -2.44. The van der Waals surface area contributed by atoms with E-state index < -0.39 is 18.2 Å². The van der Waals surface area contributed by atoms with Crippen molar-refractivity contribution in [2.45, 2.75) is 25.4 Å². The maximum absolute atomic E-state index is 9.86. The first-order chi connectivity index (χ1) is 4.88. The molecule has 66 valence electrons. The monoisotopic (exact) mass is 166 g/mol. The van der Waals surface area contributed by atoms with Crippen molar-refractivity contribution in [2.24, 2.45) is 0 Å². The Morgan fingerprint density at radius 2 is 2.00 bits per heavy atom. The molecule has 6 heteroatoms. The van der Waals surface area contributed by atoms with E-state index in [0.717, 1.165) is 0 Å². The van der Waals surface area contributed by atoms with Gasteiger partial charge in [0.05, 0.1) is 0 Å². The molecule has 0 spiro atoms. The molecule has 0 heterocycles. The molecule has 0 rings (SSSR count). The van der Waals surface area contributed by atoms with Crippen LogP contribution in [-0.4, -0.2) is 38.7 Å². The zero-order valence-corrected chi connectivity index (χ0v) is 5.89. The molecule has 0 saturated carbocycles. The molecule has 1 unspecified atom stereocenters. The first-order valence-corrected chi connectivity index (χ1v) is 2.94. The van der Waals surface area contributed by atoms with Crippen molar-refractivity contribution in [1.29, 1.82) is 0 Å². The third-order valence-corrected chi connectivity index (χ3v) is 1.05. The molecule has 4 N–H and O–H groups in total. The highest BCUT2D eigenvalue weighted by Crippen LogP contribution is 2.10. The Labute approximate surface area is 62.7 Å². The van der Waals surface area contributed by atoms with Gasteiger partial charge >= 0.3 is 12.1 Å². The van der Waals surface area contributed by atoms with E-state index in [4.69, 9.17) is 20.4 Å². The molecular formula is C5H10O6. The Bertz CT molecular complexity index is 136. The Balaban J connectivity index is 4.07. The van der Waals surface area contributed by atoms with Crippen LogP contribution in [0.15, 0.2) is 0 Å². The first kappa shape index (κ1) is 10.2. The normalized spacial score (nSPS) is 14.2. The highest BCUT2D eigenvalue weighted by atomic mass is 16.7. The summed E-state index contributed by atoms with van der Waals surface area (Å²) in [5, 5.41) is 33.4. The van der Waals surface area contributed by atoms with Crippen LogP contribution in [0.25, 0.3) is 0 Å². The maximum atomic E-state index is 9.86. The van der Waals surface area contributed by atoms with Gasteiger partial charge in [-0.05, 0) is 6.42 Å². The summed E-state index contributed by atoms with van der Waals surface area (Å²) >= 11 is 0. The van der Waals surface area contributed by atoms with Crippen molar-refractivity contribution in [1.82, 2.24) is 0 Å². The third kappa shape index (κ3) is 3.76. The summed E-state index contributed by atoms with van der Waals surface area (Å²) in [6, 6.07) is 0. The van der Waals surface area contributed by atoms with Gasteiger partial charge in [-0.1, -0.05) is 6.92 Å². The Morgan fingerprint density at radius 3 is 2.09 bits per heavy atom. The lowest BCUT2D eigenvalue weighted by molar-refractivity contribution is -0.354. The lowest BCUT2D eigenvalue weighted by Gasteiger charge is -2.22. The lowest BCUT2D eigenvalue weighted by atomic mass is 10.2. The Morgan fingerprint density at radius 1 is 1.55 bits per heavy atom. The van der Waals surface area contributed by atoms with Crippen LogP contribution in [0.5, 0.6) is 0 Å². The molecular weight excluding hydrogens is 156 g/mol.